The Kier molecular flexibility index (Phi) is 11.7. The predicted molar refractivity (Wildman–Crippen MR) is 129 cm³/mol. The highest BCUT2D eigenvalue weighted by Crippen LogP contribution is 2.18. The zero-order valence-electron chi connectivity index (χ0n) is 18.0. The standard InChI is InChI=1S/C22H29F3N4O.HI/c1-4-29(3)15-19-7-5-6-18(12-19)14-28-21(26-2)27-13-17-8-10-20(11-9-17)30-16-22(23,24)25;/h5-12H,4,13-16H2,1-3H3,(H2,26,27,28);1H. The van der Waals surface area contributed by atoms with E-state index >= 15 is 0 Å². The lowest BCUT2D eigenvalue weighted by atomic mass is 10.1. The monoisotopic (exact) mass is 550 g/mol. The molecule has 0 bridgehead atoms. The molecule has 0 amide bonds. The molecule has 0 radical (unpaired) electrons. The lowest BCUT2D eigenvalue weighted by Gasteiger charge is -2.15. The van der Waals surface area contributed by atoms with Gasteiger partial charge in [0.1, 0.15) is 5.75 Å². The molecule has 0 saturated heterocycles. The van der Waals surface area contributed by atoms with Crippen LogP contribution < -0.4 is 15.4 Å². The van der Waals surface area contributed by atoms with Crippen molar-refractivity contribution < 1.29 is 17.9 Å². The van der Waals surface area contributed by atoms with Crippen LogP contribution in [-0.2, 0) is 19.6 Å². The SMILES string of the molecule is CCN(C)Cc1cccc(CNC(=NC)NCc2ccc(OCC(F)(F)F)cc2)c1.I. The quantitative estimate of drug-likeness (QED) is 0.273. The number of nitrogens with zero attached hydrogens (tertiary/aromatic N) is 2. The number of alkyl halides is 3. The van der Waals surface area contributed by atoms with Gasteiger partial charge in [-0.25, -0.2) is 0 Å². The first-order valence-electron chi connectivity index (χ1n) is 9.78. The Morgan fingerprint density at radius 3 is 2.19 bits per heavy atom. The third kappa shape index (κ3) is 10.7. The normalized spacial score (nSPS) is 11.8. The third-order valence-corrected chi connectivity index (χ3v) is 4.45. The lowest BCUT2D eigenvalue weighted by molar-refractivity contribution is -0.153. The zero-order valence-corrected chi connectivity index (χ0v) is 20.3. The second kappa shape index (κ2) is 13.4. The number of hydrogen-bond acceptors (Lipinski definition) is 3. The molecule has 0 aromatic heterocycles. The van der Waals surface area contributed by atoms with E-state index in [1.165, 1.54) is 17.7 Å². The van der Waals surface area contributed by atoms with Gasteiger partial charge in [-0.3, -0.25) is 4.99 Å². The molecule has 0 aliphatic rings. The lowest BCUT2D eigenvalue weighted by Crippen LogP contribution is -2.36. The first kappa shape index (κ1) is 27.0. The Hall–Kier alpha value is -2.01. The summed E-state index contributed by atoms with van der Waals surface area (Å²) in [6.45, 7) is 3.85. The molecule has 0 unspecified atom stereocenters. The van der Waals surface area contributed by atoms with Crippen molar-refractivity contribution in [3.63, 3.8) is 0 Å². The maximum Gasteiger partial charge on any atom is 0.422 e. The van der Waals surface area contributed by atoms with Crippen molar-refractivity contribution in [3.05, 3.63) is 65.2 Å². The Morgan fingerprint density at radius 1 is 1.00 bits per heavy atom. The summed E-state index contributed by atoms with van der Waals surface area (Å²) in [5.41, 5.74) is 3.32. The number of ether oxygens (including phenoxy) is 1. The molecule has 0 fully saturated rings. The van der Waals surface area contributed by atoms with Crippen molar-refractivity contribution in [1.29, 1.82) is 0 Å². The van der Waals surface area contributed by atoms with Gasteiger partial charge in [-0.1, -0.05) is 43.3 Å². The first-order chi connectivity index (χ1) is 14.3. The summed E-state index contributed by atoms with van der Waals surface area (Å²) in [6.07, 6.45) is -4.34. The number of aliphatic imine (C=N–C) groups is 1. The summed E-state index contributed by atoms with van der Waals surface area (Å²) in [4.78, 5) is 6.46. The van der Waals surface area contributed by atoms with Crippen molar-refractivity contribution >= 4 is 29.9 Å². The van der Waals surface area contributed by atoms with Gasteiger partial charge in [-0.15, -0.1) is 24.0 Å². The number of benzene rings is 2. The number of hydrogen-bond donors (Lipinski definition) is 2. The molecule has 9 heteroatoms. The van der Waals surface area contributed by atoms with Gasteiger partial charge in [-0.2, -0.15) is 13.2 Å². The number of halogens is 4. The molecule has 5 nitrogen and oxygen atoms in total. The van der Waals surface area contributed by atoms with E-state index in [0.29, 0.717) is 19.0 Å². The van der Waals surface area contributed by atoms with E-state index < -0.39 is 12.8 Å². The van der Waals surface area contributed by atoms with E-state index in [0.717, 1.165) is 24.2 Å². The molecular formula is C22H30F3IN4O. The van der Waals surface area contributed by atoms with Crippen molar-refractivity contribution in [1.82, 2.24) is 15.5 Å². The fourth-order valence-corrected chi connectivity index (χ4v) is 2.72. The summed E-state index contributed by atoms with van der Waals surface area (Å²) in [7, 11) is 3.78. The van der Waals surface area contributed by atoms with Crippen LogP contribution in [-0.4, -0.2) is 44.3 Å². The molecule has 31 heavy (non-hydrogen) atoms. The molecular weight excluding hydrogens is 520 g/mol. The van der Waals surface area contributed by atoms with Gasteiger partial charge in [0.2, 0.25) is 0 Å². The Balaban J connectivity index is 0.00000480. The van der Waals surface area contributed by atoms with E-state index in [2.05, 4.69) is 58.8 Å². The third-order valence-electron chi connectivity index (χ3n) is 4.45. The minimum Gasteiger partial charge on any atom is -0.484 e. The summed E-state index contributed by atoms with van der Waals surface area (Å²) in [5, 5.41) is 6.47. The molecule has 2 aromatic rings. The smallest absolute Gasteiger partial charge is 0.422 e. The molecule has 0 atom stereocenters. The second-order valence-corrected chi connectivity index (χ2v) is 6.98. The Morgan fingerprint density at radius 2 is 1.61 bits per heavy atom. The van der Waals surface area contributed by atoms with Crippen LogP contribution in [0, 0.1) is 0 Å². The fraction of sp³-hybridized carbons (Fsp3) is 0.409. The molecule has 0 aliphatic carbocycles. The molecule has 2 aromatic carbocycles. The average Bonchev–Trinajstić information content (AvgIpc) is 2.73. The first-order valence-corrected chi connectivity index (χ1v) is 9.78. The van der Waals surface area contributed by atoms with Crippen molar-refractivity contribution in [3.8, 4) is 5.75 Å². The van der Waals surface area contributed by atoms with Crippen LogP contribution in [0.4, 0.5) is 13.2 Å². The van der Waals surface area contributed by atoms with Crippen molar-refractivity contribution in [2.24, 2.45) is 4.99 Å². The molecule has 0 heterocycles. The highest BCUT2D eigenvalue weighted by molar-refractivity contribution is 14.0. The molecule has 2 N–H and O–H groups in total. The highest BCUT2D eigenvalue weighted by Gasteiger charge is 2.28. The molecule has 0 saturated carbocycles. The molecule has 0 spiro atoms. The van der Waals surface area contributed by atoms with Gasteiger partial charge in [0.25, 0.3) is 0 Å². The molecule has 172 valence electrons. The largest absolute Gasteiger partial charge is 0.484 e. The van der Waals surface area contributed by atoms with Crippen molar-refractivity contribution in [2.75, 3.05) is 27.2 Å². The van der Waals surface area contributed by atoms with Crippen molar-refractivity contribution in [2.45, 2.75) is 32.7 Å². The Labute approximate surface area is 199 Å². The molecule has 0 aliphatic heterocycles. The van der Waals surface area contributed by atoms with Crippen LogP contribution in [0.2, 0.25) is 0 Å². The fourth-order valence-electron chi connectivity index (χ4n) is 2.72. The summed E-state index contributed by atoms with van der Waals surface area (Å²) in [6, 6.07) is 14.9. The summed E-state index contributed by atoms with van der Waals surface area (Å²) >= 11 is 0. The summed E-state index contributed by atoms with van der Waals surface area (Å²) in [5.74, 6) is 0.829. The Bertz CT molecular complexity index is 813. The van der Waals surface area contributed by atoms with E-state index in [9.17, 15) is 13.2 Å². The van der Waals surface area contributed by atoms with Crippen LogP contribution in [0.1, 0.15) is 23.6 Å². The topological polar surface area (TPSA) is 48.9 Å². The van der Waals surface area contributed by atoms with Gasteiger partial charge in [-0.05, 0) is 42.4 Å². The highest BCUT2D eigenvalue weighted by atomic mass is 127. The van der Waals surface area contributed by atoms with Gasteiger partial charge in [0.15, 0.2) is 12.6 Å². The van der Waals surface area contributed by atoms with Gasteiger partial charge >= 0.3 is 6.18 Å². The van der Waals surface area contributed by atoms with E-state index in [1.807, 2.05) is 0 Å². The van der Waals surface area contributed by atoms with Gasteiger partial charge < -0.3 is 20.3 Å². The number of rotatable bonds is 9. The number of guanidine groups is 1. The number of nitrogens with one attached hydrogen (secondary N) is 2. The van der Waals surface area contributed by atoms with E-state index in [-0.39, 0.29) is 29.7 Å². The van der Waals surface area contributed by atoms with Gasteiger partial charge in [0.05, 0.1) is 0 Å². The second-order valence-electron chi connectivity index (χ2n) is 6.98. The maximum absolute atomic E-state index is 12.2. The van der Waals surface area contributed by atoms with Gasteiger partial charge in [0, 0.05) is 26.7 Å². The van der Waals surface area contributed by atoms with Crippen LogP contribution in [0.25, 0.3) is 0 Å². The van der Waals surface area contributed by atoms with E-state index in [4.69, 9.17) is 4.74 Å². The van der Waals surface area contributed by atoms with E-state index in [1.54, 1.807) is 19.2 Å². The van der Waals surface area contributed by atoms with Crippen LogP contribution in [0.15, 0.2) is 53.5 Å². The summed E-state index contributed by atoms with van der Waals surface area (Å²) < 4.78 is 41.3. The zero-order chi connectivity index (χ0) is 22.0. The van der Waals surface area contributed by atoms with Crippen LogP contribution in [0.5, 0.6) is 5.75 Å². The minimum atomic E-state index is -4.34. The minimum absolute atomic E-state index is 0. The average molecular weight is 550 g/mol. The van der Waals surface area contributed by atoms with Crippen LogP contribution in [0.3, 0.4) is 0 Å². The maximum atomic E-state index is 12.2. The molecule has 2 rings (SSSR count). The predicted octanol–water partition coefficient (Wildman–Crippen LogP) is 4.56. The van der Waals surface area contributed by atoms with Crippen LogP contribution >= 0.6 is 24.0 Å².